The van der Waals surface area contributed by atoms with Crippen molar-refractivity contribution < 1.29 is 9.50 Å². The van der Waals surface area contributed by atoms with Crippen molar-refractivity contribution in [1.29, 1.82) is 0 Å². The summed E-state index contributed by atoms with van der Waals surface area (Å²) >= 11 is 1.63. The third-order valence-corrected chi connectivity index (χ3v) is 7.79. The molecule has 4 aromatic rings. The molecule has 6 nitrogen and oxygen atoms in total. The lowest BCUT2D eigenvalue weighted by Gasteiger charge is -2.25. The topological polar surface area (TPSA) is 83.0 Å². The SMILES string of the molecule is Cc1nc(NCc2ccc(F)cc2)nc(NC2CCC(C(C)(C)O)C2)c1-c1nc2ccccc2s1. The summed E-state index contributed by atoms with van der Waals surface area (Å²) in [5, 5.41) is 18.3. The fourth-order valence-corrected chi connectivity index (χ4v) is 5.79. The molecule has 0 radical (unpaired) electrons. The number of aromatic nitrogens is 3. The number of halogens is 1. The lowest BCUT2D eigenvalue weighted by molar-refractivity contribution is 0.0197. The van der Waals surface area contributed by atoms with E-state index in [0.717, 1.165) is 57.1 Å². The Morgan fingerprint density at radius 2 is 1.83 bits per heavy atom. The number of thiazole rings is 1. The molecule has 2 atom stereocenters. The van der Waals surface area contributed by atoms with Gasteiger partial charge in [0, 0.05) is 12.6 Å². The molecule has 2 aromatic carbocycles. The van der Waals surface area contributed by atoms with Crippen molar-refractivity contribution in [2.45, 2.75) is 58.2 Å². The molecule has 2 unspecified atom stereocenters. The van der Waals surface area contributed by atoms with E-state index in [1.807, 2.05) is 39.0 Å². The average molecular weight is 492 g/mol. The fourth-order valence-electron chi connectivity index (χ4n) is 4.72. The first kappa shape index (κ1) is 23.6. The van der Waals surface area contributed by atoms with Gasteiger partial charge in [-0.05, 0) is 75.8 Å². The van der Waals surface area contributed by atoms with Crippen molar-refractivity contribution in [3.63, 3.8) is 0 Å². The highest BCUT2D eigenvalue weighted by atomic mass is 32.1. The molecule has 5 rings (SSSR count). The minimum atomic E-state index is -0.699. The molecule has 1 fully saturated rings. The molecule has 2 heterocycles. The molecule has 0 bridgehead atoms. The number of nitrogens with one attached hydrogen (secondary N) is 2. The molecule has 2 aromatic heterocycles. The second kappa shape index (κ2) is 9.51. The van der Waals surface area contributed by atoms with Crippen molar-refractivity contribution in [3.05, 3.63) is 65.6 Å². The highest BCUT2D eigenvalue weighted by molar-refractivity contribution is 7.21. The first-order valence-electron chi connectivity index (χ1n) is 12.0. The number of nitrogens with zero attached hydrogens (tertiary/aromatic N) is 3. The quantitative estimate of drug-likeness (QED) is 0.287. The molecule has 182 valence electrons. The number of para-hydroxylation sites is 1. The van der Waals surface area contributed by atoms with Crippen LogP contribution < -0.4 is 10.6 Å². The van der Waals surface area contributed by atoms with Crippen LogP contribution in [0.15, 0.2) is 48.5 Å². The van der Waals surface area contributed by atoms with Gasteiger partial charge in [-0.3, -0.25) is 0 Å². The van der Waals surface area contributed by atoms with Gasteiger partial charge >= 0.3 is 0 Å². The van der Waals surface area contributed by atoms with E-state index in [1.165, 1.54) is 12.1 Å². The maximum atomic E-state index is 13.3. The third kappa shape index (κ3) is 5.28. The van der Waals surface area contributed by atoms with Gasteiger partial charge < -0.3 is 15.7 Å². The minimum absolute atomic E-state index is 0.207. The van der Waals surface area contributed by atoms with Gasteiger partial charge in [-0.1, -0.05) is 24.3 Å². The van der Waals surface area contributed by atoms with Crippen LogP contribution in [0.4, 0.5) is 16.2 Å². The van der Waals surface area contributed by atoms with E-state index in [2.05, 4.69) is 16.7 Å². The second-order valence-corrected chi connectivity index (χ2v) is 10.9. The standard InChI is InChI=1S/C27H30FN5OS/c1-16-23(25-32-21-6-4-5-7-22(21)35-25)24(31-20-13-10-18(14-20)27(2,3)34)33-26(30-16)29-15-17-8-11-19(28)12-9-17/h4-9,11-12,18,20,34H,10,13-15H2,1-3H3,(H2,29,30,31,33). The monoisotopic (exact) mass is 491 g/mol. The van der Waals surface area contributed by atoms with Gasteiger partial charge in [0.15, 0.2) is 0 Å². The van der Waals surface area contributed by atoms with Gasteiger partial charge in [0.2, 0.25) is 5.95 Å². The van der Waals surface area contributed by atoms with Crippen molar-refractivity contribution in [2.24, 2.45) is 5.92 Å². The Morgan fingerprint density at radius 3 is 2.54 bits per heavy atom. The Balaban J connectivity index is 1.47. The van der Waals surface area contributed by atoms with Crippen LogP contribution in [0.3, 0.4) is 0 Å². The maximum Gasteiger partial charge on any atom is 0.225 e. The van der Waals surface area contributed by atoms with Crippen LogP contribution in [-0.4, -0.2) is 31.7 Å². The summed E-state index contributed by atoms with van der Waals surface area (Å²) in [4.78, 5) is 14.5. The number of fused-ring (bicyclic) bond motifs is 1. The van der Waals surface area contributed by atoms with E-state index in [0.29, 0.717) is 12.5 Å². The van der Waals surface area contributed by atoms with E-state index in [1.54, 1.807) is 23.5 Å². The largest absolute Gasteiger partial charge is 0.390 e. The Hall–Kier alpha value is -3.10. The molecule has 0 spiro atoms. The summed E-state index contributed by atoms with van der Waals surface area (Å²) < 4.78 is 14.4. The van der Waals surface area contributed by atoms with E-state index in [9.17, 15) is 9.50 Å². The molecule has 1 aliphatic carbocycles. The van der Waals surface area contributed by atoms with Crippen molar-refractivity contribution >= 4 is 33.3 Å². The predicted octanol–water partition coefficient (Wildman–Crippen LogP) is 6.16. The lowest BCUT2D eigenvalue weighted by Crippen LogP contribution is -2.30. The van der Waals surface area contributed by atoms with E-state index >= 15 is 0 Å². The average Bonchev–Trinajstić information content (AvgIpc) is 3.45. The minimum Gasteiger partial charge on any atom is -0.390 e. The van der Waals surface area contributed by atoms with Crippen molar-refractivity contribution in [2.75, 3.05) is 10.6 Å². The van der Waals surface area contributed by atoms with Crippen LogP contribution in [0.2, 0.25) is 0 Å². The number of rotatable bonds is 7. The summed E-state index contributed by atoms with van der Waals surface area (Å²) in [6, 6.07) is 14.7. The number of hydrogen-bond donors (Lipinski definition) is 3. The number of aryl methyl sites for hydroxylation is 1. The molecule has 1 aliphatic rings. The van der Waals surface area contributed by atoms with E-state index < -0.39 is 5.60 Å². The van der Waals surface area contributed by atoms with Gasteiger partial charge in [-0.15, -0.1) is 11.3 Å². The van der Waals surface area contributed by atoms with Gasteiger partial charge in [0.25, 0.3) is 0 Å². The molecule has 8 heteroatoms. The second-order valence-electron chi connectivity index (χ2n) is 9.83. The molecule has 0 saturated heterocycles. The zero-order valence-corrected chi connectivity index (χ0v) is 21.0. The number of benzene rings is 2. The molecule has 0 amide bonds. The van der Waals surface area contributed by atoms with Crippen LogP contribution in [0.5, 0.6) is 0 Å². The first-order chi connectivity index (χ1) is 16.8. The molecule has 1 saturated carbocycles. The molecule has 0 aliphatic heterocycles. The van der Waals surface area contributed by atoms with E-state index in [-0.39, 0.29) is 17.8 Å². The van der Waals surface area contributed by atoms with Gasteiger partial charge in [-0.25, -0.2) is 14.4 Å². The first-order valence-corrected chi connectivity index (χ1v) is 12.8. The predicted molar refractivity (Wildman–Crippen MR) is 140 cm³/mol. The van der Waals surface area contributed by atoms with Crippen molar-refractivity contribution in [1.82, 2.24) is 15.0 Å². The number of aliphatic hydroxyl groups is 1. The molecule has 3 N–H and O–H groups in total. The van der Waals surface area contributed by atoms with Crippen molar-refractivity contribution in [3.8, 4) is 10.6 Å². The normalized spacial score (nSPS) is 18.2. The fraction of sp³-hybridized carbons (Fsp3) is 0.370. The van der Waals surface area contributed by atoms with Gasteiger partial charge in [0.05, 0.1) is 27.1 Å². The summed E-state index contributed by atoms with van der Waals surface area (Å²) in [5.74, 6) is 1.24. The van der Waals surface area contributed by atoms with Gasteiger partial charge in [0.1, 0.15) is 16.6 Å². The third-order valence-electron chi connectivity index (χ3n) is 6.73. The highest BCUT2D eigenvalue weighted by Gasteiger charge is 2.35. The lowest BCUT2D eigenvalue weighted by atomic mass is 9.89. The summed E-state index contributed by atoms with van der Waals surface area (Å²) in [7, 11) is 0. The van der Waals surface area contributed by atoms with Crippen LogP contribution in [0.1, 0.15) is 44.4 Å². The maximum absolute atomic E-state index is 13.3. The van der Waals surface area contributed by atoms with Crippen LogP contribution >= 0.6 is 11.3 Å². The molecule has 35 heavy (non-hydrogen) atoms. The Kier molecular flexibility index (Phi) is 6.42. The van der Waals surface area contributed by atoms with Crippen LogP contribution in [0, 0.1) is 18.7 Å². The summed E-state index contributed by atoms with van der Waals surface area (Å²) in [6.45, 7) is 6.24. The molecular weight excluding hydrogens is 461 g/mol. The van der Waals surface area contributed by atoms with Crippen LogP contribution in [-0.2, 0) is 6.54 Å². The highest BCUT2D eigenvalue weighted by Crippen LogP contribution is 2.39. The number of anilines is 2. The zero-order valence-electron chi connectivity index (χ0n) is 20.2. The Morgan fingerprint density at radius 1 is 1.06 bits per heavy atom. The summed E-state index contributed by atoms with van der Waals surface area (Å²) in [6.07, 6.45) is 2.82. The van der Waals surface area contributed by atoms with Crippen LogP contribution in [0.25, 0.3) is 20.8 Å². The van der Waals surface area contributed by atoms with E-state index in [4.69, 9.17) is 15.0 Å². The molecular formula is C27H30FN5OS. The number of hydrogen-bond acceptors (Lipinski definition) is 7. The zero-order chi connectivity index (χ0) is 24.6. The smallest absolute Gasteiger partial charge is 0.225 e. The van der Waals surface area contributed by atoms with Gasteiger partial charge in [-0.2, -0.15) is 4.98 Å². The summed E-state index contributed by atoms with van der Waals surface area (Å²) in [5.41, 5.74) is 2.95. The Bertz CT molecular complexity index is 1300. The Labute approximate surface area is 208 Å².